The highest BCUT2D eigenvalue weighted by atomic mass is 32.1. The van der Waals surface area contributed by atoms with Crippen molar-refractivity contribution in [2.75, 3.05) is 5.32 Å². The fourth-order valence-electron chi connectivity index (χ4n) is 3.51. The quantitative estimate of drug-likeness (QED) is 0.218. The molecule has 8 heteroatoms. The maximum absolute atomic E-state index is 12.2. The minimum atomic E-state index is -1.12. The van der Waals surface area contributed by atoms with Crippen molar-refractivity contribution in [2.24, 2.45) is 11.1 Å². The summed E-state index contributed by atoms with van der Waals surface area (Å²) in [5, 5.41) is 16.6. The SMILES string of the molecule is CC(C)C(=S)Nc1ccc(-c2c3ccc(=O)cc-3oc3cc(N=O)ccc23)c(C(=O)O)c1. The van der Waals surface area contributed by atoms with E-state index in [1.54, 1.807) is 24.3 Å². The summed E-state index contributed by atoms with van der Waals surface area (Å²) in [4.78, 5) is 35.7. The maximum atomic E-state index is 12.2. The molecule has 2 aromatic carbocycles. The molecule has 0 saturated heterocycles. The van der Waals surface area contributed by atoms with Gasteiger partial charge in [0.1, 0.15) is 17.0 Å². The van der Waals surface area contributed by atoms with Gasteiger partial charge in [-0.25, -0.2) is 4.79 Å². The van der Waals surface area contributed by atoms with Crippen molar-refractivity contribution in [2.45, 2.75) is 13.8 Å². The van der Waals surface area contributed by atoms with Crippen LogP contribution in [-0.2, 0) is 0 Å². The Morgan fingerprint density at radius 3 is 2.50 bits per heavy atom. The number of nitrogens with one attached hydrogen (secondary N) is 1. The van der Waals surface area contributed by atoms with E-state index in [0.29, 0.717) is 38.3 Å². The third-order valence-corrected chi connectivity index (χ3v) is 5.67. The molecule has 0 amide bonds. The van der Waals surface area contributed by atoms with E-state index < -0.39 is 5.97 Å². The standard InChI is InChI=1S/C24H18N2O5S/c1-12(2)23(32)25-13-3-6-16(19(9-13)24(28)29)22-17-7-4-14(26-30)10-20(17)31-21-11-15(27)5-8-18(21)22/h3-12H,1-2H3,(H,25,32)(H,28,29). The highest BCUT2D eigenvalue weighted by Gasteiger charge is 2.22. The molecule has 0 bridgehead atoms. The number of nitroso groups, excluding NO2 is 1. The Balaban J connectivity index is 2.03. The highest BCUT2D eigenvalue weighted by Crippen LogP contribution is 2.42. The second-order valence-electron chi connectivity index (χ2n) is 7.62. The van der Waals surface area contributed by atoms with E-state index in [1.165, 1.54) is 30.3 Å². The first-order chi connectivity index (χ1) is 15.3. The molecule has 0 aromatic heterocycles. The molecule has 160 valence electrons. The molecule has 1 heterocycles. The predicted octanol–water partition coefficient (Wildman–Crippen LogP) is 6.06. The molecule has 0 unspecified atom stereocenters. The van der Waals surface area contributed by atoms with Crippen LogP contribution < -0.4 is 10.7 Å². The molecule has 4 rings (SSSR count). The zero-order chi connectivity index (χ0) is 23.0. The Morgan fingerprint density at radius 1 is 1.06 bits per heavy atom. The summed E-state index contributed by atoms with van der Waals surface area (Å²) in [7, 11) is 0. The first-order valence-corrected chi connectivity index (χ1v) is 10.2. The minimum Gasteiger partial charge on any atom is -0.478 e. The molecular weight excluding hydrogens is 428 g/mol. The van der Waals surface area contributed by atoms with Gasteiger partial charge < -0.3 is 14.8 Å². The van der Waals surface area contributed by atoms with E-state index in [2.05, 4.69) is 10.5 Å². The minimum absolute atomic E-state index is 0.0548. The van der Waals surface area contributed by atoms with Crippen LogP contribution in [0.1, 0.15) is 24.2 Å². The van der Waals surface area contributed by atoms with Crippen LogP contribution >= 0.6 is 12.2 Å². The average Bonchev–Trinajstić information content (AvgIpc) is 2.76. The number of benzene rings is 3. The predicted molar refractivity (Wildman–Crippen MR) is 128 cm³/mol. The summed E-state index contributed by atoms with van der Waals surface area (Å²) < 4.78 is 5.86. The van der Waals surface area contributed by atoms with E-state index in [-0.39, 0.29) is 28.4 Å². The fraction of sp³-hybridized carbons (Fsp3) is 0.125. The second-order valence-corrected chi connectivity index (χ2v) is 8.06. The summed E-state index contributed by atoms with van der Waals surface area (Å²) in [6.45, 7) is 3.89. The summed E-state index contributed by atoms with van der Waals surface area (Å²) in [5.74, 6) is -0.737. The van der Waals surface area contributed by atoms with E-state index in [1.807, 2.05) is 13.8 Å². The smallest absolute Gasteiger partial charge is 0.336 e. The van der Waals surface area contributed by atoms with Gasteiger partial charge in [-0.15, -0.1) is 4.91 Å². The van der Waals surface area contributed by atoms with Crippen LogP contribution in [0.15, 0.2) is 69.0 Å². The van der Waals surface area contributed by atoms with E-state index >= 15 is 0 Å². The van der Waals surface area contributed by atoms with Crippen molar-refractivity contribution in [3.63, 3.8) is 0 Å². The van der Waals surface area contributed by atoms with Gasteiger partial charge in [-0.1, -0.05) is 32.1 Å². The zero-order valence-corrected chi connectivity index (χ0v) is 18.0. The number of hydrogen-bond acceptors (Lipinski definition) is 6. The molecule has 0 saturated carbocycles. The summed E-state index contributed by atoms with van der Waals surface area (Å²) in [5.41, 5.74) is 2.43. The van der Waals surface area contributed by atoms with Gasteiger partial charge in [-0.2, -0.15) is 0 Å². The number of rotatable bonds is 5. The summed E-state index contributed by atoms with van der Waals surface area (Å²) in [6.07, 6.45) is 0. The topological polar surface area (TPSA) is 109 Å². The number of carboxylic acid groups (broad SMARTS) is 1. The van der Waals surface area contributed by atoms with Crippen LogP contribution in [-0.4, -0.2) is 16.1 Å². The van der Waals surface area contributed by atoms with Crippen LogP contribution in [0, 0.1) is 10.8 Å². The lowest BCUT2D eigenvalue weighted by Gasteiger charge is -2.18. The van der Waals surface area contributed by atoms with Crippen LogP contribution in [0.4, 0.5) is 11.4 Å². The third-order valence-electron chi connectivity index (χ3n) is 5.09. The van der Waals surface area contributed by atoms with Crippen LogP contribution in [0.2, 0.25) is 0 Å². The Morgan fingerprint density at radius 2 is 1.81 bits per heavy atom. The van der Waals surface area contributed by atoms with Gasteiger partial charge in [0.05, 0.1) is 10.6 Å². The van der Waals surface area contributed by atoms with E-state index in [0.717, 1.165) is 0 Å². The van der Waals surface area contributed by atoms with Crippen molar-refractivity contribution in [3.8, 4) is 22.5 Å². The van der Waals surface area contributed by atoms with Gasteiger partial charge in [-0.3, -0.25) is 4.79 Å². The number of aromatic carboxylic acids is 1. The monoisotopic (exact) mass is 446 g/mol. The Hall–Kier alpha value is -3.91. The average molecular weight is 446 g/mol. The van der Waals surface area contributed by atoms with E-state index in [9.17, 15) is 19.6 Å². The van der Waals surface area contributed by atoms with Crippen molar-refractivity contribution in [3.05, 3.63) is 75.3 Å². The number of fused-ring (bicyclic) bond motifs is 2. The second kappa shape index (κ2) is 8.32. The lowest BCUT2D eigenvalue weighted by molar-refractivity contribution is 0.0698. The Labute approximate surface area is 188 Å². The molecule has 1 aliphatic carbocycles. The van der Waals surface area contributed by atoms with E-state index in [4.69, 9.17) is 16.6 Å². The van der Waals surface area contributed by atoms with Gasteiger partial charge in [0.2, 0.25) is 0 Å². The molecule has 7 nitrogen and oxygen atoms in total. The van der Waals surface area contributed by atoms with Gasteiger partial charge in [0.15, 0.2) is 5.43 Å². The highest BCUT2D eigenvalue weighted by molar-refractivity contribution is 7.80. The van der Waals surface area contributed by atoms with Gasteiger partial charge >= 0.3 is 5.97 Å². The first kappa shape index (κ1) is 21.3. The lowest BCUT2D eigenvalue weighted by Crippen LogP contribution is -2.16. The fourth-order valence-corrected chi connectivity index (χ4v) is 3.63. The molecule has 32 heavy (non-hydrogen) atoms. The van der Waals surface area contributed by atoms with Crippen molar-refractivity contribution in [1.29, 1.82) is 0 Å². The first-order valence-electron chi connectivity index (χ1n) is 9.81. The molecular formula is C24H18N2O5S. The Kier molecular flexibility index (Phi) is 5.54. The van der Waals surface area contributed by atoms with Crippen molar-refractivity contribution >= 4 is 45.5 Å². The molecule has 0 fully saturated rings. The normalized spacial score (nSPS) is 11.1. The maximum Gasteiger partial charge on any atom is 0.336 e. The molecule has 0 radical (unpaired) electrons. The van der Waals surface area contributed by atoms with Crippen molar-refractivity contribution in [1.82, 2.24) is 0 Å². The number of hydrogen-bond donors (Lipinski definition) is 2. The molecule has 0 spiro atoms. The van der Waals surface area contributed by atoms with Crippen LogP contribution in [0.3, 0.4) is 0 Å². The van der Waals surface area contributed by atoms with Gasteiger partial charge in [-0.05, 0) is 47.1 Å². The molecule has 2 aliphatic rings. The van der Waals surface area contributed by atoms with Gasteiger partial charge in [0, 0.05) is 40.3 Å². The van der Waals surface area contributed by atoms with Crippen LogP contribution in [0.5, 0.6) is 0 Å². The number of nitrogens with zero attached hydrogens (tertiary/aromatic N) is 1. The molecule has 0 atom stereocenters. The number of carboxylic acids is 1. The van der Waals surface area contributed by atoms with Crippen molar-refractivity contribution < 1.29 is 14.3 Å². The van der Waals surface area contributed by atoms with Crippen LogP contribution in [0.25, 0.3) is 33.4 Å². The molecule has 1 aliphatic heterocycles. The number of carbonyl (C=O) groups is 1. The van der Waals surface area contributed by atoms with Gasteiger partial charge in [0.25, 0.3) is 0 Å². The summed E-state index contributed by atoms with van der Waals surface area (Å²) >= 11 is 5.32. The molecule has 2 N–H and O–H groups in total. The number of thiocarbonyl (C=S) groups is 1. The third kappa shape index (κ3) is 3.88. The number of anilines is 1. The lowest BCUT2D eigenvalue weighted by atomic mass is 9.90. The zero-order valence-electron chi connectivity index (χ0n) is 17.2. The Bertz CT molecular complexity index is 1420. The summed E-state index contributed by atoms with van der Waals surface area (Å²) in [6, 6.07) is 13.9. The molecule has 2 aromatic rings. The largest absolute Gasteiger partial charge is 0.478 e.